The minimum Gasteiger partial charge on any atom is -0.273 e. The Morgan fingerprint density at radius 1 is 0.917 bits per heavy atom. The zero-order valence-corrected chi connectivity index (χ0v) is 14.4. The van der Waals surface area contributed by atoms with Crippen LogP contribution in [0.15, 0.2) is 58.4 Å². The lowest BCUT2D eigenvalue weighted by Crippen LogP contribution is -2.45. The number of amides is 1. The maximum atomic E-state index is 13.0. The molecule has 1 aliphatic heterocycles. The summed E-state index contributed by atoms with van der Waals surface area (Å²) in [5, 5.41) is 0. The van der Waals surface area contributed by atoms with E-state index < -0.39 is 15.9 Å². The molecule has 2 aromatic carbocycles. The van der Waals surface area contributed by atoms with Crippen molar-refractivity contribution in [2.75, 3.05) is 6.54 Å². The van der Waals surface area contributed by atoms with Crippen LogP contribution >= 0.6 is 0 Å². The van der Waals surface area contributed by atoms with E-state index in [-0.39, 0.29) is 17.2 Å². The Morgan fingerprint density at radius 3 is 2.04 bits per heavy atom. The minimum absolute atomic E-state index is 0.0838. The van der Waals surface area contributed by atoms with Crippen molar-refractivity contribution in [1.29, 1.82) is 0 Å². The fourth-order valence-electron chi connectivity index (χ4n) is 2.52. The van der Waals surface area contributed by atoms with Crippen molar-refractivity contribution in [3.63, 3.8) is 0 Å². The molecule has 0 saturated carbocycles. The highest BCUT2D eigenvalue weighted by atomic mass is 32.2. The number of aliphatic imine (C=N–C) groups is 1. The molecule has 0 radical (unpaired) electrons. The molecule has 0 unspecified atom stereocenters. The maximum absolute atomic E-state index is 13.0. The number of aryl methyl sites for hydroxylation is 2. The molecule has 6 heteroatoms. The van der Waals surface area contributed by atoms with E-state index in [4.69, 9.17) is 0 Å². The molecule has 0 fully saturated rings. The summed E-state index contributed by atoms with van der Waals surface area (Å²) in [7, 11) is -3.98. The van der Waals surface area contributed by atoms with E-state index >= 15 is 0 Å². The van der Waals surface area contributed by atoms with Crippen LogP contribution in [-0.2, 0) is 14.8 Å². The van der Waals surface area contributed by atoms with E-state index in [1.165, 1.54) is 12.1 Å². The number of amidine groups is 1. The molecule has 0 atom stereocenters. The second-order valence-corrected chi connectivity index (χ2v) is 7.58. The highest BCUT2D eigenvalue weighted by Crippen LogP contribution is 2.23. The van der Waals surface area contributed by atoms with Crippen molar-refractivity contribution >= 4 is 21.8 Å². The molecule has 1 amide bonds. The van der Waals surface area contributed by atoms with Crippen LogP contribution < -0.4 is 0 Å². The van der Waals surface area contributed by atoms with Crippen LogP contribution in [0.25, 0.3) is 0 Å². The van der Waals surface area contributed by atoms with E-state index in [2.05, 4.69) is 4.99 Å². The average molecular weight is 342 g/mol. The summed E-state index contributed by atoms with van der Waals surface area (Å²) in [6, 6.07) is 13.8. The van der Waals surface area contributed by atoms with Gasteiger partial charge in [-0.2, -0.15) is 4.31 Å². The van der Waals surface area contributed by atoms with Crippen LogP contribution in [-0.4, -0.2) is 31.0 Å². The normalized spacial score (nSPS) is 15.3. The number of benzene rings is 2. The van der Waals surface area contributed by atoms with E-state index in [9.17, 15) is 13.2 Å². The molecule has 0 N–H and O–H groups in total. The molecule has 0 saturated heterocycles. The average Bonchev–Trinajstić information content (AvgIpc) is 2.55. The topological polar surface area (TPSA) is 66.8 Å². The summed E-state index contributed by atoms with van der Waals surface area (Å²) in [5.41, 5.74) is 2.62. The molecular weight excluding hydrogens is 324 g/mol. The van der Waals surface area contributed by atoms with Gasteiger partial charge in [-0.3, -0.25) is 9.79 Å². The Balaban J connectivity index is 2.09. The SMILES string of the molecule is Cc1ccc(C2=NCCC(=O)N2S(=O)(=O)c2ccc(C)cc2)cc1. The van der Waals surface area contributed by atoms with Gasteiger partial charge in [0.05, 0.1) is 11.4 Å². The van der Waals surface area contributed by atoms with Crippen LogP contribution in [0.5, 0.6) is 0 Å². The predicted octanol–water partition coefficient (Wildman–Crippen LogP) is 2.67. The largest absolute Gasteiger partial charge is 0.273 e. The van der Waals surface area contributed by atoms with E-state index in [0.29, 0.717) is 12.1 Å². The fraction of sp³-hybridized carbons (Fsp3) is 0.222. The summed E-state index contributed by atoms with van der Waals surface area (Å²) < 4.78 is 26.8. The van der Waals surface area contributed by atoms with Crippen molar-refractivity contribution in [2.45, 2.75) is 25.2 Å². The van der Waals surface area contributed by atoms with Gasteiger partial charge in [0.15, 0.2) is 5.84 Å². The van der Waals surface area contributed by atoms with Crippen molar-refractivity contribution in [3.8, 4) is 0 Å². The third-order valence-electron chi connectivity index (χ3n) is 3.88. The summed E-state index contributed by atoms with van der Waals surface area (Å²) in [5.74, 6) is -0.270. The number of hydrogen-bond acceptors (Lipinski definition) is 4. The van der Waals surface area contributed by atoms with Gasteiger partial charge >= 0.3 is 0 Å². The fourth-order valence-corrected chi connectivity index (χ4v) is 3.96. The van der Waals surface area contributed by atoms with Gasteiger partial charge < -0.3 is 0 Å². The first-order valence-electron chi connectivity index (χ1n) is 7.66. The molecule has 2 aromatic rings. The molecule has 24 heavy (non-hydrogen) atoms. The zero-order chi connectivity index (χ0) is 17.3. The summed E-state index contributed by atoms with van der Waals surface area (Å²) in [6.07, 6.45) is 0.0838. The Labute approximate surface area is 141 Å². The van der Waals surface area contributed by atoms with Crippen LogP contribution in [0.4, 0.5) is 0 Å². The second-order valence-electron chi connectivity index (χ2n) is 5.80. The molecule has 0 aromatic heterocycles. The van der Waals surface area contributed by atoms with Crippen molar-refractivity contribution in [1.82, 2.24) is 4.31 Å². The molecule has 1 aliphatic rings. The lowest BCUT2D eigenvalue weighted by molar-refractivity contribution is -0.124. The Kier molecular flexibility index (Phi) is 4.24. The Bertz CT molecular complexity index is 898. The van der Waals surface area contributed by atoms with Gasteiger partial charge in [0.25, 0.3) is 10.0 Å². The number of sulfonamides is 1. The summed E-state index contributed by atoms with van der Waals surface area (Å²) in [4.78, 5) is 16.8. The zero-order valence-electron chi connectivity index (χ0n) is 13.6. The molecular formula is C18H18N2O3S. The van der Waals surface area contributed by atoms with Gasteiger partial charge in [-0.25, -0.2) is 8.42 Å². The molecule has 0 aliphatic carbocycles. The van der Waals surface area contributed by atoms with Gasteiger partial charge in [0.2, 0.25) is 5.91 Å². The monoisotopic (exact) mass is 342 g/mol. The van der Waals surface area contributed by atoms with E-state index in [1.807, 2.05) is 26.0 Å². The van der Waals surface area contributed by atoms with Gasteiger partial charge in [-0.05, 0) is 26.0 Å². The lowest BCUT2D eigenvalue weighted by Gasteiger charge is -2.27. The standard InChI is InChI=1S/C18H18N2O3S/c1-13-3-7-15(8-4-13)18-19-12-11-17(21)20(18)24(22,23)16-9-5-14(2)6-10-16/h3-10H,11-12H2,1-2H3. The summed E-state index contributed by atoms with van der Waals surface area (Å²) in [6.45, 7) is 4.11. The van der Waals surface area contributed by atoms with Crippen LogP contribution in [0.2, 0.25) is 0 Å². The Hall–Kier alpha value is -2.47. The van der Waals surface area contributed by atoms with E-state index in [1.54, 1.807) is 24.3 Å². The highest BCUT2D eigenvalue weighted by molar-refractivity contribution is 7.90. The predicted molar refractivity (Wildman–Crippen MR) is 92.4 cm³/mol. The third-order valence-corrected chi connectivity index (χ3v) is 5.60. The minimum atomic E-state index is -3.98. The molecule has 0 spiro atoms. The van der Waals surface area contributed by atoms with Crippen LogP contribution in [0.3, 0.4) is 0 Å². The quantitative estimate of drug-likeness (QED) is 0.861. The van der Waals surface area contributed by atoms with E-state index in [0.717, 1.165) is 15.4 Å². The second kappa shape index (κ2) is 6.20. The molecule has 124 valence electrons. The van der Waals surface area contributed by atoms with Gasteiger partial charge in [0.1, 0.15) is 0 Å². The van der Waals surface area contributed by atoms with Gasteiger partial charge in [0, 0.05) is 12.0 Å². The summed E-state index contributed by atoms with van der Waals surface area (Å²) >= 11 is 0. The smallest absolute Gasteiger partial charge is 0.272 e. The molecule has 5 nitrogen and oxygen atoms in total. The first kappa shape index (κ1) is 16.4. The molecule has 1 heterocycles. The first-order valence-corrected chi connectivity index (χ1v) is 9.10. The third kappa shape index (κ3) is 2.97. The van der Waals surface area contributed by atoms with Crippen LogP contribution in [0, 0.1) is 13.8 Å². The van der Waals surface area contributed by atoms with Crippen LogP contribution in [0.1, 0.15) is 23.1 Å². The number of nitrogens with zero attached hydrogens (tertiary/aromatic N) is 2. The number of rotatable bonds is 3. The number of carbonyl (C=O) groups is 1. The highest BCUT2D eigenvalue weighted by Gasteiger charge is 2.36. The molecule has 3 rings (SSSR count). The Morgan fingerprint density at radius 2 is 1.46 bits per heavy atom. The number of hydrogen-bond donors (Lipinski definition) is 0. The van der Waals surface area contributed by atoms with Crippen molar-refractivity contribution in [2.24, 2.45) is 4.99 Å². The molecule has 0 bridgehead atoms. The maximum Gasteiger partial charge on any atom is 0.272 e. The lowest BCUT2D eigenvalue weighted by atomic mass is 10.1. The van der Waals surface area contributed by atoms with Gasteiger partial charge in [-0.15, -0.1) is 0 Å². The number of carbonyl (C=O) groups excluding carboxylic acids is 1. The van der Waals surface area contributed by atoms with Crippen molar-refractivity contribution in [3.05, 3.63) is 65.2 Å². The van der Waals surface area contributed by atoms with Gasteiger partial charge in [-0.1, -0.05) is 47.5 Å². The first-order chi connectivity index (χ1) is 11.4. The van der Waals surface area contributed by atoms with Crippen molar-refractivity contribution < 1.29 is 13.2 Å².